The Kier molecular flexibility index (Phi) is 4.73. The largest absolute Gasteiger partial charge is 0.337 e. The first-order valence-electron chi connectivity index (χ1n) is 5.48. The number of urea groups is 1. The molecule has 0 bridgehead atoms. The minimum atomic E-state index is -0.0748. The number of rotatable bonds is 3. The van der Waals surface area contributed by atoms with Crippen molar-refractivity contribution < 1.29 is 4.79 Å². The van der Waals surface area contributed by atoms with Gasteiger partial charge in [0.05, 0.1) is 0 Å². The molecule has 1 atom stereocenters. The minimum Gasteiger partial charge on any atom is -0.337 e. The first kappa shape index (κ1) is 11.3. The Hall–Kier alpha value is -0.770. The average Bonchev–Trinajstić information content (AvgIpc) is 2.16. The van der Waals surface area contributed by atoms with Crippen molar-refractivity contribution in [2.24, 2.45) is 5.73 Å². The molecule has 4 heteroatoms. The zero-order valence-electron chi connectivity index (χ0n) is 8.88. The molecule has 0 heterocycles. The fourth-order valence-corrected chi connectivity index (χ4v) is 1.74. The highest BCUT2D eigenvalue weighted by atomic mass is 16.2. The molecule has 0 aliphatic heterocycles. The highest BCUT2D eigenvalue weighted by molar-refractivity contribution is 5.74. The highest BCUT2D eigenvalue weighted by Gasteiger charge is 2.15. The Labute approximate surface area is 85.6 Å². The van der Waals surface area contributed by atoms with E-state index in [0.29, 0.717) is 12.6 Å². The molecule has 0 spiro atoms. The van der Waals surface area contributed by atoms with Crippen LogP contribution in [0.15, 0.2) is 0 Å². The molecule has 1 fully saturated rings. The van der Waals surface area contributed by atoms with Crippen LogP contribution in [0.5, 0.6) is 0 Å². The van der Waals surface area contributed by atoms with Crippen molar-refractivity contribution in [1.82, 2.24) is 10.6 Å². The summed E-state index contributed by atoms with van der Waals surface area (Å²) in [5, 5.41) is 5.72. The molecule has 0 aromatic heterocycles. The summed E-state index contributed by atoms with van der Waals surface area (Å²) in [6.45, 7) is 2.42. The first-order valence-corrected chi connectivity index (χ1v) is 5.48. The van der Waals surface area contributed by atoms with Crippen LogP contribution in [-0.4, -0.2) is 24.7 Å². The van der Waals surface area contributed by atoms with E-state index < -0.39 is 0 Å². The van der Waals surface area contributed by atoms with Gasteiger partial charge in [0.2, 0.25) is 0 Å². The quantitative estimate of drug-likeness (QED) is 0.634. The molecule has 2 amide bonds. The lowest BCUT2D eigenvalue weighted by Gasteiger charge is -2.23. The van der Waals surface area contributed by atoms with Crippen molar-refractivity contribution >= 4 is 6.03 Å². The van der Waals surface area contributed by atoms with E-state index in [9.17, 15) is 4.79 Å². The van der Waals surface area contributed by atoms with Crippen LogP contribution < -0.4 is 16.4 Å². The lowest BCUT2D eigenvalue weighted by Crippen LogP contribution is -2.45. The second kappa shape index (κ2) is 5.86. The second-order valence-electron chi connectivity index (χ2n) is 4.17. The Morgan fingerprint density at radius 1 is 1.43 bits per heavy atom. The molecular weight excluding hydrogens is 178 g/mol. The van der Waals surface area contributed by atoms with E-state index in [0.717, 1.165) is 12.8 Å². The SMILES string of the molecule is CC(N)CNC(=O)NC1CCCCC1. The predicted octanol–water partition coefficient (Wildman–Crippen LogP) is 0.965. The smallest absolute Gasteiger partial charge is 0.315 e. The average molecular weight is 199 g/mol. The maximum atomic E-state index is 11.3. The fraction of sp³-hybridized carbons (Fsp3) is 0.900. The van der Waals surface area contributed by atoms with E-state index >= 15 is 0 Å². The molecule has 14 heavy (non-hydrogen) atoms. The van der Waals surface area contributed by atoms with Gasteiger partial charge in [-0.3, -0.25) is 0 Å². The van der Waals surface area contributed by atoms with Gasteiger partial charge in [0, 0.05) is 18.6 Å². The van der Waals surface area contributed by atoms with Crippen molar-refractivity contribution in [2.45, 2.75) is 51.1 Å². The standard InChI is InChI=1S/C10H21N3O/c1-8(11)7-12-10(14)13-9-5-3-2-4-6-9/h8-9H,2-7,11H2,1H3,(H2,12,13,14). The van der Waals surface area contributed by atoms with Crippen LogP contribution >= 0.6 is 0 Å². The minimum absolute atomic E-state index is 0.0205. The third-order valence-corrected chi connectivity index (χ3v) is 2.52. The van der Waals surface area contributed by atoms with Crippen LogP contribution in [0.4, 0.5) is 4.79 Å². The zero-order chi connectivity index (χ0) is 10.4. The lowest BCUT2D eigenvalue weighted by molar-refractivity contribution is 0.232. The predicted molar refractivity (Wildman–Crippen MR) is 57.1 cm³/mol. The molecule has 0 aromatic rings. The maximum absolute atomic E-state index is 11.3. The number of nitrogens with one attached hydrogen (secondary N) is 2. The van der Waals surface area contributed by atoms with E-state index in [1.54, 1.807) is 0 Å². The molecule has 1 rings (SSSR count). The monoisotopic (exact) mass is 199 g/mol. The van der Waals surface area contributed by atoms with E-state index in [1.165, 1.54) is 19.3 Å². The van der Waals surface area contributed by atoms with Crippen molar-refractivity contribution in [3.8, 4) is 0 Å². The van der Waals surface area contributed by atoms with Crippen LogP contribution in [0, 0.1) is 0 Å². The molecule has 1 aliphatic rings. The summed E-state index contributed by atoms with van der Waals surface area (Å²) in [4.78, 5) is 11.3. The van der Waals surface area contributed by atoms with Crippen molar-refractivity contribution in [2.75, 3.05) is 6.54 Å². The van der Waals surface area contributed by atoms with Crippen molar-refractivity contribution in [1.29, 1.82) is 0 Å². The summed E-state index contributed by atoms with van der Waals surface area (Å²) in [5.41, 5.74) is 5.53. The molecule has 0 radical (unpaired) electrons. The Morgan fingerprint density at radius 3 is 2.64 bits per heavy atom. The van der Waals surface area contributed by atoms with Gasteiger partial charge in [-0.05, 0) is 19.8 Å². The third kappa shape index (κ3) is 4.46. The molecule has 1 aliphatic carbocycles. The van der Waals surface area contributed by atoms with Gasteiger partial charge in [0.25, 0.3) is 0 Å². The third-order valence-electron chi connectivity index (χ3n) is 2.52. The number of amides is 2. The van der Waals surface area contributed by atoms with Gasteiger partial charge in [-0.15, -0.1) is 0 Å². The molecule has 1 saturated carbocycles. The Balaban J connectivity index is 2.12. The molecule has 0 saturated heterocycles. The summed E-state index contributed by atoms with van der Waals surface area (Å²) >= 11 is 0. The summed E-state index contributed by atoms with van der Waals surface area (Å²) in [6, 6.07) is 0.318. The van der Waals surface area contributed by atoms with Gasteiger partial charge in [-0.2, -0.15) is 0 Å². The number of carbonyl (C=O) groups is 1. The van der Waals surface area contributed by atoms with E-state index in [2.05, 4.69) is 10.6 Å². The molecule has 4 nitrogen and oxygen atoms in total. The molecular formula is C10H21N3O. The van der Waals surface area contributed by atoms with Crippen LogP contribution in [0.2, 0.25) is 0 Å². The van der Waals surface area contributed by atoms with Gasteiger partial charge < -0.3 is 16.4 Å². The fourth-order valence-electron chi connectivity index (χ4n) is 1.74. The van der Waals surface area contributed by atoms with E-state index in [4.69, 9.17) is 5.73 Å². The van der Waals surface area contributed by atoms with E-state index in [1.807, 2.05) is 6.92 Å². The zero-order valence-corrected chi connectivity index (χ0v) is 8.88. The normalized spacial score (nSPS) is 20.1. The molecule has 0 aromatic carbocycles. The van der Waals surface area contributed by atoms with Gasteiger partial charge in [0.1, 0.15) is 0 Å². The summed E-state index contributed by atoms with van der Waals surface area (Å²) in [7, 11) is 0. The van der Waals surface area contributed by atoms with Crippen LogP contribution in [0.3, 0.4) is 0 Å². The van der Waals surface area contributed by atoms with Crippen molar-refractivity contribution in [3.63, 3.8) is 0 Å². The maximum Gasteiger partial charge on any atom is 0.315 e. The summed E-state index contributed by atoms with van der Waals surface area (Å²) in [5.74, 6) is 0. The van der Waals surface area contributed by atoms with Crippen LogP contribution in [-0.2, 0) is 0 Å². The Morgan fingerprint density at radius 2 is 2.07 bits per heavy atom. The van der Waals surface area contributed by atoms with Gasteiger partial charge in [-0.1, -0.05) is 19.3 Å². The van der Waals surface area contributed by atoms with Gasteiger partial charge in [-0.25, -0.2) is 4.79 Å². The Bertz CT molecular complexity index is 176. The van der Waals surface area contributed by atoms with Gasteiger partial charge >= 0.3 is 6.03 Å². The molecule has 4 N–H and O–H groups in total. The van der Waals surface area contributed by atoms with Gasteiger partial charge in [0.15, 0.2) is 0 Å². The molecule has 1 unspecified atom stereocenters. The second-order valence-corrected chi connectivity index (χ2v) is 4.17. The number of carbonyl (C=O) groups excluding carboxylic acids is 1. The van der Waals surface area contributed by atoms with Crippen LogP contribution in [0.25, 0.3) is 0 Å². The number of hydrogen-bond donors (Lipinski definition) is 3. The summed E-state index contributed by atoms with van der Waals surface area (Å²) in [6.07, 6.45) is 6.01. The summed E-state index contributed by atoms with van der Waals surface area (Å²) < 4.78 is 0. The topological polar surface area (TPSA) is 67.1 Å². The molecule has 82 valence electrons. The number of hydrogen-bond acceptors (Lipinski definition) is 2. The lowest BCUT2D eigenvalue weighted by atomic mass is 9.96. The van der Waals surface area contributed by atoms with Crippen molar-refractivity contribution in [3.05, 3.63) is 0 Å². The first-order chi connectivity index (χ1) is 6.68. The highest BCUT2D eigenvalue weighted by Crippen LogP contribution is 2.16. The number of nitrogens with two attached hydrogens (primary N) is 1. The van der Waals surface area contributed by atoms with Crippen LogP contribution in [0.1, 0.15) is 39.0 Å². The van der Waals surface area contributed by atoms with E-state index in [-0.39, 0.29) is 12.1 Å².